The van der Waals surface area contributed by atoms with Crippen LogP contribution in [0.5, 0.6) is 0 Å². The van der Waals surface area contributed by atoms with E-state index in [-0.39, 0.29) is 6.54 Å². The molecule has 3 heterocycles. The molecule has 3 aromatic rings. The molecule has 3 aromatic heterocycles. The summed E-state index contributed by atoms with van der Waals surface area (Å²) in [6, 6.07) is 5.27. The Morgan fingerprint density at radius 3 is 3.05 bits per heavy atom. The highest BCUT2D eigenvalue weighted by Crippen LogP contribution is 2.27. The van der Waals surface area contributed by atoms with Gasteiger partial charge in [-0.25, -0.2) is 9.97 Å². The fourth-order valence-electron chi connectivity index (χ4n) is 1.86. The summed E-state index contributed by atoms with van der Waals surface area (Å²) < 4.78 is 7.64. The van der Waals surface area contributed by atoms with Crippen LogP contribution in [0.3, 0.4) is 0 Å². The molecule has 0 aliphatic carbocycles. The Hall–Kier alpha value is -2.15. The van der Waals surface area contributed by atoms with Crippen molar-refractivity contribution in [1.82, 2.24) is 14.5 Å². The Kier molecular flexibility index (Phi) is 2.83. The largest absolute Gasteiger partial charge is 0.480 e. The van der Waals surface area contributed by atoms with Crippen molar-refractivity contribution < 1.29 is 14.3 Å². The molecular formula is C12H8BrN3O3. The summed E-state index contributed by atoms with van der Waals surface area (Å²) in [5.74, 6) is -0.0234. The van der Waals surface area contributed by atoms with E-state index in [9.17, 15) is 4.79 Å². The van der Waals surface area contributed by atoms with Crippen molar-refractivity contribution in [2.45, 2.75) is 6.54 Å². The van der Waals surface area contributed by atoms with Crippen molar-refractivity contribution in [1.29, 1.82) is 0 Å². The van der Waals surface area contributed by atoms with Crippen LogP contribution in [0.25, 0.3) is 22.7 Å². The number of nitrogens with zero attached hydrogens (tertiary/aromatic N) is 3. The zero-order valence-electron chi connectivity index (χ0n) is 9.58. The first-order valence-electron chi connectivity index (χ1n) is 5.42. The third kappa shape index (κ3) is 2.12. The van der Waals surface area contributed by atoms with Crippen LogP contribution in [0, 0.1) is 0 Å². The fraction of sp³-hybridized carbons (Fsp3) is 0.0833. The number of carboxylic acid groups (broad SMARTS) is 1. The summed E-state index contributed by atoms with van der Waals surface area (Å²) >= 11 is 3.29. The van der Waals surface area contributed by atoms with Crippen LogP contribution >= 0.6 is 15.9 Å². The molecule has 0 spiro atoms. The zero-order valence-corrected chi connectivity index (χ0v) is 11.2. The average Bonchev–Trinajstić information content (AvgIpc) is 2.94. The molecular weight excluding hydrogens is 314 g/mol. The van der Waals surface area contributed by atoms with Gasteiger partial charge in [0.15, 0.2) is 17.2 Å². The van der Waals surface area contributed by atoms with E-state index in [0.29, 0.717) is 22.7 Å². The lowest BCUT2D eigenvalue weighted by Gasteiger charge is -2.02. The van der Waals surface area contributed by atoms with E-state index >= 15 is 0 Å². The molecule has 0 amide bonds. The van der Waals surface area contributed by atoms with Gasteiger partial charge in [0.1, 0.15) is 18.3 Å². The molecule has 0 bridgehead atoms. The minimum Gasteiger partial charge on any atom is -0.480 e. The molecule has 0 saturated heterocycles. The molecule has 7 heteroatoms. The normalized spacial score (nSPS) is 11.0. The van der Waals surface area contributed by atoms with E-state index < -0.39 is 5.97 Å². The number of aromatic nitrogens is 3. The standard InChI is InChI=1S/C12H8BrN3O3/c13-7-4-9(19-6-7)12-15-8-2-1-3-14-11(8)16(12)5-10(17)18/h1-4,6H,5H2,(H,17,18). The van der Waals surface area contributed by atoms with Crippen molar-refractivity contribution in [3.05, 3.63) is 35.1 Å². The number of carboxylic acids is 1. The number of pyridine rings is 1. The second-order valence-corrected chi connectivity index (χ2v) is 4.81. The topological polar surface area (TPSA) is 81.1 Å². The summed E-state index contributed by atoms with van der Waals surface area (Å²) in [5, 5.41) is 9.01. The van der Waals surface area contributed by atoms with E-state index in [4.69, 9.17) is 9.52 Å². The van der Waals surface area contributed by atoms with E-state index in [1.54, 1.807) is 24.4 Å². The van der Waals surface area contributed by atoms with Crippen molar-refractivity contribution in [3.8, 4) is 11.6 Å². The fourth-order valence-corrected chi connectivity index (χ4v) is 2.16. The molecule has 19 heavy (non-hydrogen) atoms. The number of halogens is 1. The molecule has 0 radical (unpaired) electrons. The van der Waals surface area contributed by atoms with Crippen LogP contribution in [0.1, 0.15) is 0 Å². The Labute approximate surface area is 115 Å². The number of hydrogen-bond acceptors (Lipinski definition) is 4. The van der Waals surface area contributed by atoms with Gasteiger partial charge in [-0.05, 0) is 28.1 Å². The molecule has 3 rings (SSSR count). The lowest BCUT2D eigenvalue weighted by atomic mass is 10.4. The number of furan rings is 1. The molecule has 96 valence electrons. The summed E-state index contributed by atoms with van der Waals surface area (Å²) in [5.41, 5.74) is 1.15. The van der Waals surface area contributed by atoms with Gasteiger partial charge in [-0.15, -0.1) is 0 Å². The maximum absolute atomic E-state index is 11.0. The highest BCUT2D eigenvalue weighted by Gasteiger charge is 2.17. The van der Waals surface area contributed by atoms with Gasteiger partial charge in [0.05, 0.1) is 4.47 Å². The molecule has 1 N–H and O–H groups in total. The summed E-state index contributed by atoms with van der Waals surface area (Å²) in [6.07, 6.45) is 3.12. The first-order chi connectivity index (χ1) is 9.15. The van der Waals surface area contributed by atoms with Crippen molar-refractivity contribution in [2.24, 2.45) is 0 Å². The maximum Gasteiger partial charge on any atom is 0.323 e. The van der Waals surface area contributed by atoms with Crippen LogP contribution in [0.15, 0.2) is 39.5 Å². The van der Waals surface area contributed by atoms with Gasteiger partial charge in [-0.1, -0.05) is 0 Å². The zero-order chi connectivity index (χ0) is 13.4. The third-order valence-electron chi connectivity index (χ3n) is 2.58. The van der Waals surface area contributed by atoms with Crippen molar-refractivity contribution in [2.75, 3.05) is 0 Å². The number of fused-ring (bicyclic) bond motifs is 1. The van der Waals surface area contributed by atoms with Gasteiger partial charge in [0.25, 0.3) is 0 Å². The lowest BCUT2D eigenvalue weighted by molar-refractivity contribution is -0.137. The van der Waals surface area contributed by atoms with Crippen LogP contribution in [0.4, 0.5) is 0 Å². The van der Waals surface area contributed by atoms with Gasteiger partial charge in [0.2, 0.25) is 0 Å². The van der Waals surface area contributed by atoms with E-state index in [1.165, 1.54) is 10.8 Å². The molecule has 0 aromatic carbocycles. The summed E-state index contributed by atoms with van der Waals surface area (Å²) in [4.78, 5) is 19.5. The van der Waals surface area contributed by atoms with Crippen LogP contribution in [-0.4, -0.2) is 25.6 Å². The quantitative estimate of drug-likeness (QED) is 0.801. The number of hydrogen-bond donors (Lipinski definition) is 1. The first kappa shape index (κ1) is 11.9. The average molecular weight is 322 g/mol. The highest BCUT2D eigenvalue weighted by molar-refractivity contribution is 9.10. The smallest absolute Gasteiger partial charge is 0.323 e. The Balaban J connectivity index is 2.25. The second kappa shape index (κ2) is 4.51. The molecule has 0 unspecified atom stereocenters. The third-order valence-corrected chi connectivity index (χ3v) is 3.00. The van der Waals surface area contributed by atoms with Crippen molar-refractivity contribution >= 4 is 33.1 Å². The van der Waals surface area contributed by atoms with Gasteiger partial charge in [-0.3, -0.25) is 9.36 Å². The number of imidazole rings is 1. The van der Waals surface area contributed by atoms with E-state index in [1.807, 2.05) is 0 Å². The summed E-state index contributed by atoms with van der Waals surface area (Å²) in [7, 11) is 0. The second-order valence-electron chi connectivity index (χ2n) is 3.89. The lowest BCUT2D eigenvalue weighted by Crippen LogP contribution is -2.10. The van der Waals surface area contributed by atoms with Crippen LogP contribution in [0.2, 0.25) is 0 Å². The molecule has 0 fully saturated rings. The maximum atomic E-state index is 11.0. The molecule has 0 aliphatic heterocycles. The van der Waals surface area contributed by atoms with Gasteiger partial charge in [-0.2, -0.15) is 0 Å². The van der Waals surface area contributed by atoms with Crippen LogP contribution < -0.4 is 0 Å². The molecule has 0 atom stereocenters. The summed E-state index contributed by atoms with van der Waals surface area (Å²) in [6.45, 7) is -0.221. The van der Waals surface area contributed by atoms with E-state index in [2.05, 4.69) is 25.9 Å². The van der Waals surface area contributed by atoms with Gasteiger partial charge in [0, 0.05) is 12.3 Å². The molecule has 6 nitrogen and oxygen atoms in total. The Morgan fingerprint density at radius 2 is 2.37 bits per heavy atom. The highest BCUT2D eigenvalue weighted by atomic mass is 79.9. The predicted molar refractivity (Wildman–Crippen MR) is 70.6 cm³/mol. The first-order valence-corrected chi connectivity index (χ1v) is 6.22. The minimum atomic E-state index is -0.961. The number of carbonyl (C=O) groups is 1. The molecule has 0 saturated carbocycles. The van der Waals surface area contributed by atoms with Gasteiger partial charge >= 0.3 is 5.97 Å². The molecule has 0 aliphatic rings. The van der Waals surface area contributed by atoms with Crippen LogP contribution in [-0.2, 0) is 11.3 Å². The Morgan fingerprint density at radius 1 is 1.53 bits per heavy atom. The monoisotopic (exact) mass is 321 g/mol. The number of rotatable bonds is 3. The predicted octanol–water partition coefficient (Wildman–Crippen LogP) is 2.54. The Bertz CT molecular complexity index is 763. The number of aliphatic carboxylic acids is 1. The SMILES string of the molecule is O=C(O)Cn1c(-c2cc(Br)co2)nc2cccnc21. The van der Waals surface area contributed by atoms with Gasteiger partial charge < -0.3 is 9.52 Å². The van der Waals surface area contributed by atoms with E-state index in [0.717, 1.165) is 4.47 Å². The minimum absolute atomic E-state index is 0.221. The van der Waals surface area contributed by atoms with Crippen molar-refractivity contribution in [3.63, 3.8) is 0 Å².